The number of hydrogen-bond donors (Lipinski definition) is 0. The van der Waals surface area contributed by atoms with Crippen molar-refractivity contribution in [2.75, 3.05) is 14.2 Å². The minimum absolute atomic E-state index is 0.390. The Hall–Kier alpha value is -2.54. The maximum absolute atomic E-state index is 5.83. The second-order valence-corrected chi connectivity index (χ2v) is 5.71. The molecule has 0 N–H and O–H groups in total. The van der Waals surface area contributed by atoms with E-state index in [4.69, 9.17) is 18.6 Å². The zero-order valence-corrected chi connectivity index (χ0v) is 14.7. The molecular formula is C17H15BrN2O4. The highest BCUT2D eigenvalue weighted by molar-refractivity contribution is 9.10. The van der Waals surface area contributed by atoms with E-state index in [-0.39, 0.29) is 0 Å². The standard InChI is InChI=1S/C17H15BrN2O4/c1-21-15-7-12(14(18)8-16(15)22-2)9-23-13-5-3-11(4-6-13)17-20-19-10-24-17/h3-8,10H,9H2,1-2H3. The van der Waals surface area contributed by atoms with Gasteiger partial charge >= 0.3 is 0 Å². The summed E-state index contributed by atoms with van der Waals surface area (Å²) in [6.45, 7) is 0.390. The number of ether oxygens (including phenoxy) is 3. The summed E-state index contributed by atoms with van der Waals surface area (Å²) in [5, 5.41) is 7.53. The van der Waals surface area contributed by atoms with Crippen molar-refractivity contribution in [1.29, 1.82) is 0 Å². The smallest absolute Gasteiger partial charge is 0.247 e. The SMILES string of the molecule is COc1cc(Br)c(COc2ccc(-c3nnco3)cc2)cc1OC. The largest absolute Gasteiger partial charge is 0.493 e. The van der Waals surface area contributed by atoms with Crippen molar-refractivity contribution in [2.24, 2.45) is 0 Å². The van der Waals surface area contributed by atoms with Gasteiger partial charge in [0.25, 0.3) is 0 Å². The molecule has 6 nitrogen and oxygen atoms in total. The van der Waals surface area contributed by atoms with Gasteiger partial charge in [0.15, 0.2) is 11.5 Å². The fraction of sp³-hybridized carbons (Fsp3) is 0.176. The summed E-state index contributed by atoms with van der Waals surface area (Å²) in [4.78, 5) is 0. The molecule has 0 aliphatic rings. The van der Waals surface area contributed by atoms with E-state index in [0.717, 1.165) is 21.3 Å². The maximum atomic E-state index is 5.83. The predicted octanol–water partition coefficient (Wildman–Crippen LogP) is 4.10. The van der Waals surface area contributed by atoms with Gasteiger partial charge in [-0.15, -0.1) is 10.2 Å². The lowest BCUT2D eigenvalue weighted by Crippen LogP contribution is -1.99. The van der Waals surface area contributed by atoms with Crippen LogP contribution in [0.2, 0.25) is 0 Å². The molecule has 0 atom stereocenters. The van der Waals surface area contributed by atoms with Crippen LogP contribution in [0.3, 0.4) is 0 Å². The molecule has 0 aliphatic heterocycles. The molecule has 3 rings (SSSR count). The van der Waals surface area contributed by atoms with Crippen LogP contribution in [0.1, 0.15) is 5.56 Å². The second-order valence-electron chi connectivity index (χ2n) is 4.86. The number of methoxy groups -OCH3 is 2. The minimum Gasteiger partial charge on any atom is -0.493 e. The number of benzene rings is 2. The summed E-state index contributed by atoms with van der Waals surface area (Å²) in [5.74, 6) is 2.53. The first-order chi connectivity index (χ1) is 11.7. The molecule has 3 aromatic rings. The van der Waals surface area contributed by atoms with Crippen molar-refractivity contribution in [2.45, 2.75) is 6.61 Å². The van der Waals surface area contributed by atoms with E-state index in [1.165, 1.54) is 6.39 Å². The van der Waals surface area contributed by atoms with Crippen LogP contribution in [0, 0.1) is 0 Å². The maximum Gasteiger partial charge on any atom is 0.247 e. The van der Waals surface area contributed by atoms with Gasteiger partial charge < -0.3 is 18.6 Å². The lowest BCUT2D eigenvalue weighted by Gasteiger charge is -2.13. The number of nitrogens with zero attached hydrogens (tertiary/aromatic N) is 2. The van der Waals surface area contributed by atoms with Crippen molar-refractivity contribution in [1.82, 2.24) is 10.2 Å². The number of aromatic nitrogens is 2. The van der Waals surface area contributed by atoms with E-state index in [0.29, 0.717) is 24.0 Å². The topological polar surface area (TPSA) is 66.6 Å². The van der Waals surface area contributed by atoms with Crippen LogP contribution in [0.15, 0.2) is 51.7 Å². The Balaban J connectivity index is 1.71. The molecule has 0 amide bonds. The molecule has 0 unspecified atom stereocenters. The third kappa shape index (κ3) is 3.51. The Morgan fingerprint density at radius 1 is 1.04 bits per heavy atom. The Morgan fingerprint density at radius 3 is 2.38 bits per heavy atom. The molecule has 1 aromatic heterocycles. The van der Waals surface area contributed by atoms with Gasteiger partial charge in [-0.1, -0.05) is 15.9 Å². The summed E-state index contributed by atoms with van der Waals surface area (Å²) in [6.07, 6.45) is 1.30. The number of hydrogen-bond acceptors (Lipinski definition) is 6. The zero-order chi connectivity index (χ0) is 16.9. The fourth-order valence-corrected chi connectivity index (χ4v) is 2.60. The predicted molar refractivity (Wildman–Crippen MR) is 91.3 cm³/mol. The van der Waals surface area contributed by atoms with Gasteiger partial charge in [0.2, 0.25) is 12.3 Å². The molecule has 124 valence electrons. The first-order valence-corrected chi connectivity index (χ1v) is 7.90. The van der Waals surface area contributed by atoms with E-state index < -0.39 is 0 Å². The summed E-state index contributed by atoms with van der Waals surface area (Å²) in [6, 6.07) is 11.2. The summed E-state index contributed by atoms with van der Waals surface area (Å²) < 4.78 is 22.5. The summed E-state index contributed by atoms with van der Waals surface area (Å²) in [5.41, 5.74) is 1.79. The average molecular weight is 391 g/mol. The van der Waals surface area contributed by atoms with Gasteiger partial charge in [0, 0.05) is 15.6 Å². The highest BCUT2D eigenvalue weighted by Gasteiger charge is 2.10. The van der Waals surface area contributed by atoms with Crippen LogP contribution in [0.4, 0.5) is 0 Å². The number of rotatable bonds is 6. The van der Waals surface area contributed by atoms with Gasteiger partial charge in [-0.25, -0.2) is 0 Å². The highest BCUT2D eigenvalue weighted by atomic mass is 79.9. The first kappa shape index (κ1) is 16.3. The lowest BCUT2D eigenvalue weighted by molar-refractivity contribution is 0.303. The number of halogens is 1. The van der Waals surface area contributed by atoms with Crippen molar-refractivity contribution in [3.63, 3.8) is 0 Å². The van der Waals surface area contributed by atoms with Gasteiger partial charge in [-0.3, -0.25) is 0 Å². The van der Waals surface area contributed by atoms with Crippen LogP contribution in [-0.2, 0) is 6.61 Å². The lowest BCUT2D eigenvalue weighted by atomic mass is 10.2. The Labute approximate surface area is 147 Å². The molecule has 0 bridgehead atoms. The quantitative estimate of drug-likeness (QED) is 0.631. The van der Waals surface area contributed by atoms with Crippen LogP contribution < -0.4 is 14.2 Å². The molecule has 0 fully saturated rings. The van der Waals surface area contributed by atoms with E-state index in [2.05, 4.69) is 26.1 Å². The molecular weight excluding hydrogens is 376 g/mol. The molecule has 0 saturated carbocycles. The molecule has 7 heteroatoms. The van der Waals surface area contributed by atoms with Crippen LogP contribution in [0.5, 0.6) is 17.2 Å². The Bertz CT molecular complexity index is 804. The van der Waals surface area contributed by atoms with E-state index in [9.17, 15) is 0 Å². The van der Waals surface area contributed by atoms with Gasteiger partial charge in [-0.2, -0.15) is 0 Å². The second kappa shape index (κ2) is 7.35. The first-order valence-electron chi connectivity index (χ1n) is 7.11. The minimum atomic E-state index is 0.390. The van der Waals surface area contributed by atoms with Crippen molar-refractivity contribution >= 4 is 15.9 Å². The van der Waals surface area contributed by atoms with Gasteiger partial charge in [-0.05, 0) is 36.4 Å². The Kier molecular flexibility index (Phi) is 5.00. The highest BCUT2D eigenvalue weighted by Crippen LogP contribution is 2.34. The van der Waals surface area contributed by atoms with Gasteiger partial charge in [0.1, 0.15) is 12.4 Å². The molecule has 0 aliphatic carbocycles. The molecule has 0 saturated heterocycles. The van der Waals surface area contributed by atoms with E-state index >= 15 is 0 Å². The van der Waals surface area contributed by atoms with Crippen LogP contribution in [-0.4, -0.2) is 24.4 Å². The summed E-state index contributed by atoms with van der Waals surface area (Å²) in [7, 11) is 3.21. The third-order valence-electron chi connectivity index (χ3n) is 3.41. The van der Waals surface area contributed by atoms with Crippen molar-refractivity contribution < 1.29 is 18.6 Å². The van der Waals surface area contributed by atoms with Crippen molar-refractivity contribution in [3.8, 4) is 28.7 Å². The molecule has 0 spiro atoms. The monoisotopic (exact) mass is 390 g/mol. The normalized spacial score (nSPS) is 10.5. The average Bonchev–Trinajstić information content (AvgIpc) is 3.15. The molecule has 0 radical (unpaired) electrons. The van der Waals surface area contributed by atoms with E-state index in [1.807, 2.05) is 36.4 Å². The molecule has 24 heavy (non-hydrogen) atoms. The fourth-order valence-electron chi connectivity index (χ4n) is 2.16. The summed E-state index contributed by atoms with van der Waals surface area (Å²) >= 11 is 3.52. The van der Waals surface area contributed by atoms with Crippen LogP contribution >= 0.6 is 15.9 Å². The van der Waals surface area contributed by atoms with Crippen molar-refractivity contribution in [3.05, 3.63) is 52.8 Å². The third-order valence-corrected chi connectivity index (χ3v) is 4.15. The zero-order valence-electron chi connectivity index (χ0n) is 13.2. The molecule has 1 heterocycles. The Morgan fingerprint density at radius 2 is 1.75 bits per heavy atom. The van der Waals surface area contributed by atoms with Crippen LogP contribution in [0.25, 0.3) is 11.5 Å². The van der Waals surface area contributed by atoms with E-state index in [1.54, 1.807) is 14.2 Å². The van der Waals surface area contributed by atoms with Gasteiger partial charge in [0.05, 0.1) is 14.2 Å². The molecule has 2 aromatic carbocycles.